The van der Waals surface area contributed by atoms with Crippen LogP contribution in [0.4, 0.5) is 0 Å². The van der Waals surface area contributed by atoms with Crippen molar-refractivity contribution in [3.8, 4) is 0 Å². The number of hydrogen-bond acceptors (Lipinski definition) is 3. The van der Waals surface area contributed by atoms with Gasteiger partial charge in [-0.1, -0.05) is 30.0 Å². The molecule has 0 saturated carbocycles. The van der Waals surface area contributed by atoms with E-state index in [0.717, 1.165) is 22.9 Å². The Morgan fingerprint density at radius 3 is 3.00 bits per heavy atom. The van der Waals surface area contributed by atoms with E-state index in [1.165, 1.54) is 11.1 Å². The van der Waals surface area contributed by atoms with Gasteiger partial charge in [0, 0.05) is 12.7 Å². The molecule has 2 aromatic heterocycles. The van der Waals surface area contributed by atoms with Crippen LogP contribution in [0.3, 0.4) is 0 Å². The van der Waals surface area contributed by atoms with Crippen LogP contribution in [0, 0.1) is 6.92 Å². The summed E-state index contributed by atoms with van der Waals surface area (Å²) in [7, 11) is 0. The quantitative estimate of drug-likeness (QED) is 0.675. The fourth-order valence-corrected chi connectivity index (χ4v) is 3.84. The van der Waals surface area contributed by atoms with E-state index >= 15 is 0 Å². The Labute approximate surface area is 115 Å². The number of pyridine rings is 1. The zero-order valence-electron chi connectivity index (χ0n) is 10.6. The molecule has 0 N–H and O–H groups in total. The first-order chi connectivity index (χ1) is 9.33. The topological polar surface area (TPSA) is 30.7 Å². The number of fused-ring (bicyclic) bond motifs is 3. The average molecular weight is 267 g/mol. The van der Waals surface area contributed by atoms with Crippen LogP contribution >= 0.6 is 11.8 Å². The standard InChI is InChI=1S/C15H13N3S/c1-10-5-4-7-12-14(10)18-9-13(19-15(18)17-12)11-6-2-3-8-16-11/h2-8,13H,9H2,1H3. The highest BCUT2D eigenvalue weighted by atomic mass is 32.2. The van der Waals surface area contributed by atoms with Crippen molar-refractivity contribution < 1.29 is 0 Å². The molecule has 0 radical (unpaired) electrons. The number of hydrogen-bond donors (Lipinski definition) is 0. The summed E-state index contributed by atoms with van der Waals surface area (Å²) in [6, 6.07) is 12.4. The number of benzene rings is 1. The second kappa shape index (κ2) is 4.10. The molecule has 4 heteroatoms. The molecular weight excluding hydrogens is 254 g/mol. The molecule has 0 fully saturated rings. The Morgan fingerprint density at radius 1 is 1.21 bits per heavy atom. The van der Waals surface area contributed by atoms with Crippen molar-refractivity contribution in [2.75, 3.05) is 0 Å². The molecule has 3 nitrogen and oxygen atoms in total. The van der Waals surface area contributed by atoms with Gasteiger partial charge in [-0.3, -0.25) is 4.98 Å². The highest BCUT2D eigenvalue weighted by molar-refractivity contribution is 7.99. The van der Waals surface area contributed by atoms with Crippen molar-refractivity contribution in [2.45, 2.75) is 23.9 Å². The molecule has 0 spiro atoms. The summed E-state index contributed by atoms with van der Waals surface area (Å²) in [5, 5.41) is 1.49. The smallest absolute Gasteiger partial charge is 0.169 e. The van der Waals surface area contributed by atoms with Gasteiger partial charge >= 0.3 is 0 Å². The molecule has 94 valence electrons. The van der Waals surface area contributed by atoms with Gasteiger partial charge in [-0.2, -0.15) is 0 Å². The summed E-state index contributed by atoms with van der Waals surface area (Å²) in [6.45, 7) is 3.11. The lowest BCUT2D eigenvalue weighted by Crippen LogP contribution is -2.01. The summed E-state index contributed by atoms with van der Waals surface area (Å²) in [5.41, 5.74) is 4.80. The van der Waals surface area contributed by atoms with Crippen LogP contribution in [0.2, 0.25) is 0 Å². The molecule has 0 bridgehead atoms. The van der Waals surface area contributed by atoms with E-state index in [-0.39, 0.29) is 0 Å². The predicted octanol–water partition coefficient (Wildman–Crippen LogP) is 3.59. The van der Waals surface area contributed by atoms with Crippen LogP contribution in [-0.2, 0) is 6.54 Å². The van der Waals surface area contributed by atoms with Crippen LogP contribution in [0.25, 0.3) is 11.0 Å². The van der Waals surface area contributed by atoms with Gasteiger partial charge in [-0.25, -0.2) is 4.98 Å². The summed E-state index contributed by atoms with van der Waals surface area (Å²) in [5.74, 6) is 0. The van der Waals surface area contributed by atoms with Crippen LogP contribution in [0.5, 0.6) is 0 Å². The highest BCUT2D eigenvalue weighted by Gasteiger charge is 2.28. The van der Waals surface area contributed by atoms with Crippen molar-refractivity contribution in [3.63, 3.8) is 0 Å². The van der Waals surface area contributed by atoms with Gasteiger partial charge in [0.25, 0.3) is 0 Å². The summed E-state index contributed by atoms with van der Waals surface area (Å²) < 4.78 is 2.33. The van der Waals surface area contributed by atoms with Crippen molar-refractivity contribution in [3.05, 3.63) is 53.9 Å². The summed E-state index contributed by atoms with van der Waals surface area (Å²) in [4.78, 5) is 9.19. The Bertz CT molecular complexity index is 749. The zero-order valence-corrected chi connectivity index (χ0v) is 11.4. The molecule has 1 aliphatic heterocycles. The molecule has 1 atom stereocenters. The van der Waals surface area contributed by atoms with Gasteiger partial charge in [0.2, 0.25) is 0 Å². The number of para-hydroxylation sites is 1. The molecule has 0 saturated heterocycles. The number of nitrogens with zero attached hydrogens (tertiary/aromatic N) is 3. The first-order valence-electron chi connectivity index (χ1n) is 6.36. The average Bonchev–Trinajstić information content (AvgIpc) is 2.97. The summed E-state index contributed by atoms with van der Waals surface area (Å²) >= 11 is 1.81. The number of aromatic nitrogens is 3. The van der Waals surface area contributed by atoms with Gasteiger partial charge in [0.15, 0.2) is 5.16 Å². The van der Waals surface area contributed by atoms with E-state index in [9.17, 15) is 0 Å². The minimum absolute atomic E-state index is 0.382. The van der Waals surface area contributed by atoms with Crippen molar-refractivity contribution in [1.29, 1.82) is 0 Å². The number of rotatable bonds is 1. The molecule has 1 unspecified atom stereocenters. The lowest BCUT2D eigenvalue weighted by atomic mass is 10.2. The van der Waals surface area contributed by atoms with Gasteiger partial charge < -0.3 is 4.57 Å². The molecule has 1 aromatic carbocycles. The van der Waals surface area contributed by atoms with E-state index in [2.05, 4.69) is 40.7 Å². The molecule has 3 aromatic rings. The molecule has 19 heavy (non-hydrogen) atoms. The summed E-state index contributed by atoms with van der Waals surface area (Å²) in [6.07, 6.45) is 1.86. The number of imidazole rings is 1. The minimum atomic E-state index is 0.382. The van der Waals surface area contributed by atoms with Crippen molar-refractivity contribution >= 4 is 22.8 Å². The monoisotopic (exact) mass is 267 g/mol. The number of thioether (sulfide) groups is 1. The van der Waals surface area contributed by atoms with Gasteiger partial charge in [0.1, 0.15) is 0 Å². The molecule has 0 amide bonds. The SMILES string of the molecule is Cc1cccc2nc3n(c12)CC(c1ccccn1)S3. The molecule has 0 aliphatic carbocycles. The molecule has 4 rings (SSSR count). The van der Waals surface area contributed by atoms with E-state index in [1.807, 2.05) is 30.1 Å². The normalized spacial score (nSPS) is 17.8. The molecule has 1 aliphatic rings. The largest absolute Gasteiger partial charge is 0.317 e. The zero-order chi connectivity index (χ0) is 12.8. The van der Waals surface area contributed by atoms with Crippen LogP contribution in [0.15, 0.2) is 47.8 Å². The van der Waals surface area contributed by atoms with Gasteiger partial charge in [-0.05, 0) is 30.7 Å². The lowest BCUT2D eigenvalue weighted by Gasteiger charge is -2.08. The van der Waals surface area contributed by atoms with E-state index in [4.69, 9.17) is 4.98 Å². The second-order valence-corrected chi connectivity index (χ2v) is 5.98. The highest BCUT2D eigenvalue weighted by Crippen LogP contribution is 2.43. The third kappa shape index (κ3) is 1.67. The van der Waals surface area contributed by atoms with Gasteiger partial charge in [-0.15, -0.1) is 0 Å². The Hall–Kier alpha value is -1.81. The third-order valence-corrected chi connectivity index (χ3v) is 4.74. The first kappa shape index (κ1) is 11.1. The van der Waals surface area contributed by atoms with Crippen molar-refractivity contribution in [2.24, 2.45) is 0 Å². The fraction of sp³-hybridized carbons (Fsp3) is 0.200. The second-order valence-electron chi connectivity index (χ2n) is 4.81. The van der Waals surface area contributed by atoms with Crippen LogP contribution < -0.4 is 0 Å². The first-order valence-corrected chi connectivity index (χ1v) is 7.24. The Kier molecular flexibility index (Phi) is 2.38. The maximum absolute atomic E-state index is 4.73. The van der Waals surface area contributed by atoms with E-state index in [0.29, 0.717) is 5.25 Å². The van der Waals surface area contributed by atoms with Crippen LogP contribution in [-0.4, -0.2) is 14.5 Å². The molecular formula is C15H13N3S. The maximum Gasteiger partial charge on any atom is 0.169 e. The maximum atomic E-state index is 4.73. The fourth-order valence-electron chi connectivity index (χ4n) is 2.65. The lowest BCUT2D eigenvalue weighted by molar-refractivity contribution is 0.673. The predicted molar refractivity (Wildman–Crippen MR) is 77.3 cm³/mol. The van der Waals surface area contributed by atoms with Crippen LogP contribution in [0.1, 0.15) is 16.5 Å². The van der Waals surface area contributed by atoms with E-state index < -0.39 is 0 Å². The van der Waals surface area contributed by atoms with Gasteiger partial charge in [0.05, 0.1) is 22.0 Å². The minimum Gasteiger partial charge on any atom is -0.317 e. The Balaban J connectivity index is 1.79. The van der Waals surface area contributed by atoms with E-state index in [1.54, 1.807) is 0 Å². The Morgan fingerprint density at radius 2 is 2.16 bits per heavy atom. The van der Waals surface area contributed by atoms with Crippen molar-refractivity contribution in [1.82, 2.24) is 14.5 Å². The third-order valence-electron chi connectivity index (χ3n) is 3.55. The number of aryl methyl sites for hydroxylation is 1. The molecule has 3 heterocycles.